The van der Waals surface area contributed by atoms with Crippen LogP contribution in [-0.4, -0.2) is 5.84 Å². The lowest BCUT2D eigenvalue weighted by atomic mass is 10.1. The molecule has 0 fully saturated rings. The van der Waals surface area contributed by atoms with Crippen molar-refractivity contribution in [3.8, 4) is 0 Å². The smallest absolute Gasteiger partial charge is 0.139 e. The Kier molecular flexibility index (Phi) is 3.18. The van der Waals surface area contributed by atoms with Crippen molar-refractivity contribution in [1.82, 2.24) is 5.32 Å². The van der Waals surface area contributed by atoms with Gasteiger partial charge in [0.2, 0.25) is 0 Å². The van der Waals surface area contributed by atoms with Crippen LogP contribution in [0.2, 0.25) is 0 Å². The fraction of sp³-hybridized carbons (Fsp3) is 0.133. The molecule has 0 amide bonds. The van der Waals surface area contributed by atoms with Gasteiger partial charge in [-0.3, -0.25) is 4.99 Å². The number of rotatable bonds is 3. The molecule has 0 spiro atoms. The van der Waals surface area contributed by atoms with Crippen LogP contribution in [0.25, 0.3) is 0 Å². The minimum Gasteiger partial charge on any atom is -0.359 e. The van der Waals surface area contributed by atoms with Crippen LogP contribution in [-0.2, 0) is 0 Å². The quantitative estimate of drug-likeness (QED) is 0.744. The Hall–Kier alpha value is -1.43. The third kappa shape index (κ3) is 2.12. The predicted octanol–water partition coefficient (Wildman–Crippen LogP) is 4.70. The standard InChI is InChI=1S/C15H12N2S3/c1-4-10(18-7-1)13-14(11-5-2-8-19-11)17-15(16-13)12-6-3-9-20-12/h1-9,13-14H,(H,16,17)/t13-,14-/m0/s1. The molecule has 0 aromatic carbocycles. The van der Waals surface area contributed by atoms with Gasteiger partial charge < -0.3 is 5.32 Å². The summed E-state index contributed by atoms with van der Waals surface area (Å²) in [4.78, 5) is 8.82. The highest BCUT2D eigenvalue weighted by Gasteiger charge is 2.33. The topological polar surface area (TPSA) is 24.4 Å². The molecule has 0 saturated heterocycles. The van der Waals surface area contributed by atoms with Crippen LogP contribution in [0.4, 0.5) is 0 Å². The molecule has 1 aliphatic rings. The SMILES string of the molecule is c1csc(C2=N[C@@H](c3cccs3)[C@H](c3cccs3)N2)c1. The Balaban J connectivity index is 1.74. The van der Waals surface area contributed by atoms with Gasteiger partial charge in [0.25, 0.3) is 0 Å². The van der Waals surface area contributed by atoms with Crippen molar-refractivity contribution in [2.45, 2.75) is 12.1 Å². The highest BCUT2D eigenvalue weighted by molar-refractivity contribution is 7.12. The zero-order chi connectivity index (χ0) is 13.4. The zero-order valence-electron chi connectivity index (χ0n) is 10.5. The normalized spacial score (nSPS) is 21.7. The first-order valence-electron chi connectivity index (χ1n) is 6.37. The Morgan fingerprint density at radius 3 is 2.20 bits per heavy atom. The third-order valence-electron chi connectivity index (χ3n) is 3.32. The van der Waals surface area contributed by atoms with E-state index >= 15 is 0 Å². The average Bonchev–Trinajstić information content (AvgIpc) is 3.22. The van der Waals surface area contributed by atoms with Crippen LogP contribution >= 0.6 is 34.0 Å². The third-order valence-corrected chi connectivity index (χ3v) is 6.09. The van der Waals surface area contributed by atoms with E-state index in [0.717, 1.165) is 5.84 Å². The summed E-state index contributed by atoms with van der Waals surface area (Å²) in [6.45, 7) is 0. The molecule has 0 unspecified atom stereocenters. The summed E-state index contributed by atoms with van der Waals surface area (Å²) in [5.74, 6) is 1.02. The van der Waals surface area contributed by atoms with Gasteiger partial charge >= 0.3 is 0 Å². The fourth-order valence-electron chi connectivity index (χ4n) is 2.41. The lowest BCUT2D eigenvalue weighted by molar-refractivity contribution is 0.589. The largest absolute Gasteiger partial charge is 0.359 e. The summed E-state index contributed by atoms with van der Waals surface area (Å²) in [7, 11) is 0. The van der Waals surface area contributed by atoms with E-state index in [-0.39, 0.29) is 12.1 Å². The van der Waals surface area contributed by atoms with Crippen molar-refractivity contribution < 1.29 is 0 Å². The molecule has 2 nitrogen and oxygen atoms in total. The van der Waals surface area contributed by atoms with Gasteiger partial charge in [0.15, 0.2) is 0 Å². The molecule has 20 heavy (non-hydrogen) atoms. The molecule has 0 bridgehead atoms. The van der Waals surface area contributed by atoms with Gasteiger partial charge in [0.05, 0.1) is 10.9 Å². The summed E-state index contributed by atoms with van der Waals surface area (Å²) in [6, 6.07) is 13.2. The molecule has 0 radical (unpaired) electrons. The van der Waals surface area contributed by atoms with Crippen LogP contribution in [0.5, 0.6) is 0 Å². The number of nitrogens with zero attached hydrogens (tertiary/aromatic N) is 1. The number of thiophene rings is 3. The second-order valence-corrected chi connectivity index (χ2v) is 7.46. The second kappa shape index (κ2) is 5.16. The van der Waals surface area contributed by atoms with Crippen LogP contribution in [0.1, 0.15) is 26.7 Å². The lowest BCUT2D eigenvalue weighted by Gasteiger charge is -2.16. The number of aliphatic imine (C=N–C) groups is 1. The predicted molar refractivity (Wildman–Crippen MR) is 88.1 cm³/mol. The first-order chi connectivity index (χ1) is 9.92. The van der Waals surface area contributed by atoms with Crippen molar-refractivity contribution in [1.29, 1.82) is 0 Å². The first-order valence-corrected chi connectivity index (χ1v) is 9.01. The number of hydrogen-bond acceptors (Lipinski definition) is 5. The highest BCUT2D eigenvalue weighted by Crippen LogP contribution is 2.40. The van der Waals surface area contributed by atoms with Gasteiger partial charge in [-0.05, 0) is 34.3 Å². The number of amidine groups is 1. The van der Waals surface area contributed by atoms with E-state index in [2.05, 4.69) is 57.9 Å². The van der Waals surface area contributed by atoms with Gasteiger partial charge in [-0.15, -0.1) is 34.0 Å². The second-order valence-electron chi connectivity index (χ2n) is 4.55. The molecule has 3 aromatic rings. The molecule has 4 heterocycles. The Labute approximate surface area is 129 Å². The number of hydrogen-bond donors (Lipinski definition) is 1. The van der Waals surface area contributed by atoms with E-state index in [1.807, 2.05) is 0 Å². The molecule has 1 N–H and O–H groups in total. The van der Waals surface area contributed by atoms with Crippen molar-refractivity contribution >= 4 is 39.8 Å². The molecular weight excluding hydrogens is 304 g/mol. The zero-order valence-corrected chi connectivity index (χ0v) is 13.0. The highest BCUT2D eigenvalue weighted by atomic mass is 32.1. The van der Waals surface area contributed by atoms with Crippen molar-refractivity contribution in [2.75, 3.05) is 0 Å². The molecule has 1 aliphatic heterocycles. The van der Waals surface area contributed by atoms with E-state index in [1.54, 1.807) is 34.0 Å². The van der Waals surface area contributed by atoms with E-state index in [9.17, 15) is 0 Å². The van der Waals surface area contributed by atoms with E-state index < -0.39 is 0 Å². The summed E-state index contributed by atoms with van der Waals surface area (Å²) in [5.41, 5.74) is 0. The number of nitrogens with one attached hydrogen (secondary N) is 1. The minimum absolute atomic E-state index is 0.186. The molecule has 2 atom stereocenters. The molecule has 3 aromatic heterocycles. The average molecular weight is 316 g/mol. The summed E-state index contributed by atoms with van der Waals surface area (Å²) in [5, 5.41) is 9.96. The van der Waals surface area contributed by atoms with Gasteiger partial charge in [-0.25, -0.2) is 0 Å². The summed E-state index contributed by atoms with van der Waals surface area (Å²) < 4.78 is 0. The monoisotopic (exact) mass is 316 g/mol. The lowest BCUT2D eigenvalue weighted by Crippen LogP contribution is -2.23. The Morgan fingerprint density at radius 1 is 0.850 bits per heavy atom. The van der Waals surface area contributed by atoms with Crippen molar-refractivity contribution in [2.24, 2.45) is 4.99 Å². The van der Waals surface area contributed by atoms with Crippen molar-refractivity contribution in [3.05, 3.63) is 67.2 Å². The first kappa shape index (κ1) is 12.3. The van der Waals surface area contributed by atoms with Gasteiger partial charge in [0, 0.05) is 9.75 Å². The minimum atomic E-state index is 0.186. The van der Waals surface area contributed by atoms with E-state index in [4.69, 9.17) is 4.99 Å². The van der Waals surface area contributed by atoms with E-state index in [0.29, 0.717) is 0 Å². The van der Waals surface area contributed by atoms with Crippen LogP contribution in [0, 0.1) is 0 Å². The maximum atomic E-state index is 4.94. The Morgan fingerprint density at radius 2 is 1.55 bits per heavy atom. The molecule has 4 rings (SSSR count). The Bertz CT molecular complexity index is 696. The molecule has 0 aliphatic carbocycles. The summed E-state index contributed by atoms with van der Waals surface area (Å²) in [6.07, 6.45) is 0. The van der Waals surface area contributed by atoms with Crippen molar-refractivity contribution in [3.63, 3.8) is 0 Å². The van der Waals surface area contributed by atoms with Gasteiger partial charge in [-0.1, -0.05) is 18.2 Å². The van der Waals surface area contributed by atoms with Gasteiger partial charge in [0.1, 0.15) is 11.9 Å². The molecular formula is C15H12N2S3. The van der Waals surface area contributed by atoms with Gasteiger partial charge in [-0.2, -0.15) is 0 Å². The molecule has 0 saturated carbocycles. The van der Waals surface area contributed by atoms with Crippen LogP contribution < -0.4 is 5.32 Å². The summed E-state index contributed by atoms with van der Waals surface area (Å²) >= 11 is 5.31. The maximum absolute atomic E-state index is 4.94. The molecule has 100 valence electrons. The van der Waals surface area contributed by atoms with E-state index in [1.165, 1.54) is 14.6 Å². The fourth-order valence-corrected chi connectivity index (χ4v) is 4.70. The maximum Gasteiger partial charge on any atom is 0.139 e. The van der Waals surface area contributed by atoms with Crippen LogP contribution in [0.3, 0.4) is 0 Å². The van der Waals surface area contributed by atoms with Crippen LogP contribution in [0.15, 0.2) is 57.5 Å². The molecule has 5 heteroatoms.